The average Bonchev–Trinajstić information content (AvgIpc) is 3.14. The van der Waals surface area contributed by atoms with E-state index < -0.39 is 33.9 Å². The SMILES string of the molecule is CC(CS(C)(=O)=O)C1CCC(F)(F)CC1COc1ccc(-n2cc(C#N)cn2)cc1F. The molecule has 1 aromatic heterocycles. The van der Waals surface area contributed by atoms with Crippen LogP contribution in [0.1, 0.15) is 31.7 Å². The number of rotatable bonds is 7. The molecule has 31 heavy (non-hydrogen) atoms. The number of nitriles is 1. The maximum atomic E-state index is 14.6. The average molecular weight is 456 g/mol. The molecule has 168 valence electrons. The smallest absolute Gasteiger partial charge is 0.248 e. The zero-order chi connectivity index (χ0) is 22.8. The predicted octanol–water partition coefficient (Wildman–Crippen LogP) is 3.99. The van der Waals surface area contributed by atoms with Gasteiger partial charge in [-0.25, -0.2) is 26.3 Å². The quantitative estimate of drug-likeness (QED) is 0.630. The Balaban J connectivity index is 1.72. The third kappa shape index (κ3) is 6.00. The fourth-order valence-corrected chi connectivity index (χ4v) is 5.45. The second-order valence-corrected chi connectivity index (χ2v) is 10.5. The lowest BCUT2D eigenvalue weighted by Crippen LogP contribution is -2.39. The monoisotopic (exact) mass is 455 g/mol. The van der Waals surface area contributed by atoms with Gasteiger partial charge in [0, 0.05) is 37.3 Å². The maximum Gasteiger partial charge on any atom is 0.248 e. The Labute approximate surface area is 179 Å². The Morgan fingerprint density at radius 1 is 1.42 bits per heavy atom. The molecule has 1 fully saturated rings. The zero-order valence-corrected chi connectivity index (χ0v) is 18.1. The molecule has 0 spiro atoms. The van der Waals surface area contributed by atoms with Gasteiger partial charge in [-0.05, 0) is 30.4 Å². The number of alkyl halides is 2. The lowest BCUT2D eigenvalue weighted by atomic mass is 9.72. The number of aromatic nitrogens is 2. The molecule has 2 aromatic rings. The van der Waals surface area contributed by atoms with Crippen LogP contribution in [-0.2, 0) is 9.84 Å². The van der Waals surface area contributed by atoms with Gasteiger partial charge in [0.15, 0.2) is 11.6 Å². The van der Waals surface area contributed by atoms with Crippen molar-refractivity contribution in [2.75, 3.05) is 18.6 Å². The molecule has 1 saturated carbocycles. The highest BCUT2D eigenvalue weighted by Gasteiger charge is 2.43. The van der Waals surface area contributed by atoms with Gasteiger partial charge in [0.1, 0.15) is 15.9 Å². The van der Waals surface area contributed by atoms with Gasteiger partial charge in [-0.1, -0.05) is 6.92 Å². The molecule has 0 bridgehead atoms. The molecule has 1 aliphatic rings. The van der Waals surface area contributed by atoms with Crippen LogP contribution in [0.2, 0.25) is 0 Å². The van der Waals surface area contributed by atoms with E-state index in [-0.39, 0.29) is 42.8 Å². The summed E-state index contributed by atoms with van der Waals surface area (Å²) in [6.45, 7) is 1.61. The second kappa shape index (κ2) is 8.91. The minimum atomic E-state index is -3.25. The van der Waals surface area contributed by atoms with Gasteiger partial charge < -0.3 is 4.74 Å². The highest BCUT2D eigenvalue weighted by Crippen LogP contribution is 2.43. The lowest BCUT2D eigenvalue weighted by Gasteiger charge is -2.38. The second-order valence-electron chi connectivity index (χ2n) is 8.30. The van der Waals surface area contributed by atoms with Crippen molar-refractivity contribution >= 4 is 9.84 Å². The maximum absolute atomic E-state index is 14.6. The van der Waals surface area contributed by atoms with Crippen LogP contribution >= 0.6 is 0 Å². The van der Waals surface area contributed by atoms with Crippen molar-refractivity contribution in [1.82, 2.24) is 9.78 Å². The summed E-state index contributed by atoms with van der Waals surface area (Å²) in [5.41, 5.74) is 0.711. The molecule has 0 radical (unpaired) electrons. The summed E-state index contributed by atoms with van der Waals surface area (Å²) in [5.74, 6) is -4.86. The Hall–Kier alpha value is -2.54. The van der Waals surface area contributed by atoms with Crippen LogP contribution in [0.25, 0.3) is 5.69 Å². The normalized spacial score (nSPS) is 21.9. The highest BCUT2D eigenvalue weighted by molar-refractivity contribution is 7.90. The molecular formula is C21H24F3N3O3S. The van der Waals surface area contributed by atoms with E-state index in [2.05, 4.69) is 5.10 Å². The van der Waals surface area contributed by atoms with Crippen LogP contribution in [-0.4, -0.2) is 42.7 Å². The van der Waals surface area contributed by atoms with E-state index in [9.17, 15) is 21.6 Å². The van der Waals surface area contributed by atoms with Gasteiger partial charge in [-0.3, -0.25) is 0 Å². The van der Waals surface area contributed by atoms with Crippen molar-refractivity contribution in [3.63, 3.8) is 0 Å². The van der Waals surface area contributed by atoms with Crippen LogP contribution in [0.4, 0.5) is 13.2 Å². The number of halogens is 3. The van der Waals surface area contributed by atoms with Crippen molar-refractivity contribution in [3.8, 4) is 17.5 Å². The van der Waals surface area contributed by atoms with Crippen LogP contribution in [0.3, 0.4) is 0 Å². The molecule has 0 aliphatic heterocycles. The van der Waals surface area contributed by atoms with E-state index in [1.807, 2.05) is 6.07 Å². The van der Waals surface area contributed by atoms with Crippen molar-refractivity contribution < 1.29 is 26.3 Å². The minimum Gasteiger partial charge on any atom is -0.490 e. The van der Waals surface area contributed by atoms with Crippen molar-refractivity contribution in [1.29, 1.82) is 5.26 Å². The van der Waals surface area contributed by atoms with E-state index in [0.717, 1.165) is 6.26 Å². The Morgan fingerprint density at radius 3 is 2.77 bits per heavy atom. The van der Waals surface area contributed by atoms with Crippen LogP contribution in [0, 0.1) is 34.9 Å². The molecule has 0 amide bonds. The number of sulfone groups is 1. The molecule has 3 unspecified atom stereocenters. The van der Waals surface area contributed by atoms with Crippen molar-refractivity contribution in [2.45, 2.75) is 32.1 Å². The summed E-state index contributed by atoms with van der Waals surface area (Å²) in [7, 11) is -3.25. The molecule has 0 N–H and O–H groups in total. The van der Waals surface area contributed by atoms with Gasteiger partial charge >= 0.3 is 0 Å². The van der Waals surface area contributed by atoms with Crippen LogP contribution in [0.15, 0.2) is 30.6 Å². The molecule has 6 nitrogen and oxygen atoms in total. The summed E-state index contributed by atoms with van der Waals surface area (Å²) in [4.78, 5) is 0. The standard InChI is InChI=1S/C21H24F3N3O3S/c1-14(13-31(2,28)29)18-5-6-21(23,24)8-16(18)12-30-20-4-3-17(7-19(20)22)27-11-15(9-25)10-26-27/h3-4,7,10-11,14,16,18H,5-6,8,12-13H2,1-2H3. The number of hydrogen-bond donors (Lipinski definition) is 0. The largest absolute Gasteiger partial charge is 0.490 e. The fourth-order valence-electron chi connectivity index (χ4n) is 4.25. The lowest BCUT2D eigenvalue weighted by molar-refractivity contribution is -0.0835. The topological polar surface area (TPSA) is 85.0 Å². The van der Waals surface area contributed by atoms with E-state index in [1.54, 1.807) is 13.0 Å². The van der Waals surface area contributed by atoms with E-state index in [0.29, 0.717) is 11.3 Å². The number of nitrogens with zero attached hydrogens (tertiary/aromatic N) is 3. The fraction of sp³-hybridized carbons (Fsp3) is 0.524. The van der Waals surface area contributed by atoms with Gasteiger partial charge in [0.25, 0.3) is 0 Å². The molecule has 1 aromatic carbocycles. The third-order valence-corrected chi connectivity index (χ3v) is 6.78. The van der Waals surface area contributed by atoms with E-state index in [1.165, 1.54) is 29.2 Å². The third-order valence-electron chi connectivity index (χ3n) is 5.65. The van der Waals surface area contributed by atoms with E-state index >= 15 is 0 Å². The first kappa shape index (κ1) is 23.1. The highest BCUT2D eigenvalue weighted by atomic mass is 32.2. The van der Waals surface area contributed by atoms with E-state index in [4.69, 9.17) is 10.00 Å². The number of hydrogen-bond acceptors (Lipinski definition) is 5. The number of ether oxygens (including phenoxy) is 1. The van der Waals surface area contributed by atoms with Crippen molar-refractivity contribution in [2.24, 2.45) is 17.8 Å². The Bertz CT molecular complexity index is 1080. The molecular weight excluding hydrogens is 431 g/mol. The number of benzene rings is 1. The first-order valence-electron chi connectivity index (χ1n) is 9.90. The predicted molar refractivity (Wildman–Crippen MR) is 108 cm³/mol. The first-order valence-corrected chi connectivity index (χ1v) is 12.0. The summed E-state index contributed by atoms with van der Waals surface area (Å²) in [6, 6.07) is 6.05. The summed E-state index contributed by atoms with van der Waals surface area (Å²) >= 11 is 0. The molecule has 0 saturated heterocycles. The molecule has 1 heterocycles. The molecule has 3 atom stereocenters. The van der Waals surface area contributed by atoms with Gasteiger partial charge in [0.2, 0.25) is 5.92 Å². The summed E-state index contributed by atoms with van der Waals surface area (Å²) in [5, 5.41) is 12.8. The van der Waals surface area contributed by atoms with Crippen LogP contribution in [0.5, 0.6) is 5.75 Å². The van der Waals surface area contributed by atoms with Crippen LogP contribution < -0.4 is 4.74 Å². The van der Waals surface area contributed by atoms with Gasteiger partial charge in [-0.2, -0.15) is 10.4 Å². The first-order chi connectivity index (χ1) is 14.5. The summed E-state index contributed by atoms with van der Waals surface area (Å²) in [6.07, 6.45) is 3.41. The Morgan fingerprint density at radius 2 is 2.16 bits per heavy atom. The molecule has 1 aliphatic carbocycles. The molecule has 3 rings (SSSR count). The summed E-state index contributed by atoms with van der Waals surface area (Å²) < 4.78 is 72.8. The van der Waals surface area contributed by atoms with Gasteiger partial charge in [0.05, 0.1) is 29.8 Å². The van der Waals surface area contributed by atoms with Gasteiger partial charge in [-0.15, -0.1) is 0 Å². The molecule has 10 heteroatoms. The zero-order valence-electron chi connectivity index (χ0n) is 17.3. The minimum absolute atomic E-state index is 0.0835. The Kier molecular flexibility index (Phi) is 6.65. The van der Waals surface area contributed by atoms with Crippen molar-refractivity contribution in [3.05, 3.63) is 42.0 Å².